The molecule has 0 saturated heterocycles. The number of Topliss-reactive ketones (excluding diaryl/α,β-unsaturated/α-hetero) is 1. The summed E-state index contributed by atoms with van der Waals surface area (Å²) in [6.07, 6.45) is 3.09. The molecule has 4 heteroatoms. The van der Waals surface area contributed by atoms with Crippen molar-refractivity contribution in [1.29, 1.82) is 5.26 Å². The Bertz CT molecular complexity index is 669. The van der Waals surface area contributed by atoms with E-state index in [9.17, 15) is 4.79 Å². The van der Waals surface area contributed by atoms with Crippen molar-refractivity contribution in [3.05, 3.63) is 65.7 Å². The Labute approximate surface area is 124 Å². The Balaban J connectivity index is 2.21. The van der Waals surface area contributed by atoms with Crippen LogP contribution >= 0.6 is 0 Å². The van der Waals surface area contributed by atoms with E-state index in [2.05, 4.69) is 4.99 Å². The van der Waals surface area contributed by atoms with Crippen LogP contribution in [0.15, 0.2) is 59.6 Å². The Kier molecular flexibility index (Phi) is 4.84. The van der Waals surface area contributed by atoms with Crippen LogP contribution in [0.4, 0.5) is 5.69 Å². The van der Waals surface area contributed by atoms with Crippen molar-refractivity contribution in [3.8, 4) is 6.19 Å². The molecule has 2 aromatic rings. The summed E-state index contributed by atoms with van der Waals surface area (Å²) >= 11 is 0. The highest BCUT2D eigenvalue weighted by Crippen LogP contribution is 2.14. The number of hydrogen-bond acceptors (Lipinski definition) is 3. The number of carbonyl (C=O) groups is 1. The molecule has 0 aliphatic carbocycles. The van der Waals surface area contributed by atoms with Crippen LogP contribution < -0.4 is 4.90 Å². The minimum absolute atomic E-state index is 0.0273. The molecule has 0 aliphatic rings. The number of aliphatic imine (C=N–C) groups is 1. The summed E-state index contributed by atoms with van der Waals surface area (Å²) < 4.78 is 0. The first-order valence-electron chi connectivity index (χ1n) is 6.54. The molecule has 0 fully saturated rings. The van der Waals surface area contributed by atoms with Gasteiger partial charge in [0.1, 0.15) is 6.34 Å². The summed E-state index contributed by atoms with van der Waals surface area (Å²) in [7, 11) is 0. The highest BCUT2D eigenvalue weighted by Gasteiger charge is 2.11. The van der Waals surface area contributed by atoms with Gasteiger partial charge < -0.3 is 4.90 Å². The minimum Gasteiger partial charge on any atom is -0.324 e. The van der Waals surface area contributed by atoms with Gasteiger partial charge in [-0.05, 0) is 19.1 Å². The van der Waals surface area contributed by atoms with Crippen LogP contribution in [0.25, 0.3) is 0 Å². The maximum absolute atomic E-state index is 12.3. The van der Waals surface area contributed by atoms with Gasteiger partial charge in [-0.15, -0.1) is 0 Å². The largest absolute Gasteiger partial charge is 0.324 e. The smallest absolute Gasteiger partial charge is 0.207 e. The van der Waals surface area contributed by atoms with Crippen molar-refractivity contribution >= 4 is 17.8 Å². The van der Waals surface area contributed by atoms with Crippen molar-refractivity contribution in [2.45, 2.75) is 6.92 Å². The zero-order chi connectivity index (χ0) is 15.1. The van der Waals surface area contributed by atoms with Crippen LogP contribution in [0.2, 0.25) is 0 Å². The van der Waals surface area contributed by atoms with Crippen LogP contribution in [0.1, 0.15) is 15.9 Å². The first-order valence-corrected chi connectivity index (χ1v) is 6.54. The van der Waals surface area contributed by atoms with E-state index in [1.54, 1.807) is 23.2 Å². The second kappa shape index (κ2) is 7.01. The van der Waals surface area contributed by atoms with Gasteiger partial charge in [0.15, 0.2) is 5.78 Å². The van der Waals surface area contributed by atoms with Crippen molar-refractivity contribution in [2.75, 3.05) is 11.4 Å². The lowest BCUT2D eigenvalue weighted by molar-refractivity contribution is 0.100. The Morgan fingerprint density at radius 3 is 2.48 bits per heavy atom. The molecular weight excluding hydrogens is 262 g/mol. The second-order valence-corrected chi connectivity index (χ2v) is 4.60. The maximum atomic E-state index is 12.3. The van der Waals surface area contributed by atoms with E-state index >= 15 is 0 Å². The molecule has 0 amide bonds. The fourth-order valence-electron chi connectivity index (χ4n) is 1.90. The summed E-state index contributed by atoms with van der Waals surface area (Å²) in [5, 5.41) is 8.60. The number of carbonyl (C=O) groups excluding carboxylic acids is 1. The molecule has 21 heavy (non-hydrogen) atoms. The summed E-state index contributed by atoms with van der Waals surface area (Å²) in [5.74, 6) is -0.0273. The van der Waals surface area contributed by atoms with Crippen LogP contribution in [0.3, 0.4) is 0 Å². The third-order valence-electron chi connectivity index (χ3n) is 3.03. The van der Waals surface area contributed by atoms with Gasteiger partial charge in [0.2, 0.25) is 6.19 Å². The van der Waals surface area contributed by atoms with Gasteiger partial charge in [-0.1, -0.05) is 48.0 Å². The third-order valence-corrected chi connectivity index (χ3v) is 3.03. The molecule has 0 radical (unpaired) electrons. The molecule has 104 valence electrons. The summed E-state index contributed by atoms with van der Waals surface area (Å²) in [6, 6.07) is 16.8. The zero-order valence-corrected chi connectivity index (χ0v) is 11.7. The van der Waals surface area contributed by atoms with Crippen molar-refractivity contribution in [2.24, 2.45) is 4.99 Å². The van der Waals surface area contributed by atoms with E-state index in [0.717, 1.165) is 11.3 Å². The summed E-state index contributed by atoms with van der Waals surface area (Å²) in [6.45, 7) is 2.13. The second-order valence-electron chi connectivity index (χ2n) is 4.60. The number of aryl methyl sites for hydroxylation is 1. The number of anilines is 1. The van der Waals surface area contributed by atoms with Gasteiger partial charge in [0.25, 0.3) is 0 Å². The predicted octanol–water partition coefficient (Wildman–Crippen LogP) is 3.19. The maximum Gasteiger partial charge on any atom is 0.207 e. The quantitative estimate of drug-likeness (QED) is 0.365. The molecule has 0 saturated carbocycles. The summed E-state index contributed by atoms with van der Waals surface area (Å²) in [4.78, 5) is 17.5. The average Bonchev–Trinajstić information content (AvgIpc) is 2.53. The number of benzene rings is 2. The van der Waals surface area contributed by atoms with E-state index in [4.69, 9.17) is 5.26 Å². The van der Waals surface area contributed by atoms with Gasteiger partial charge >= 0.3 is 0 Å². The third kappa shape index (κ3) is 4.02. The van der Waals surface area contributed by atoms with Crippen molar-refractivity contribution in [3.63, 3.8) is 0 Å². The monoisotopic (exact) mass is 277 g/mol. The molecule has 0 N–H and O–H groups in total. The van der Waals surface area contributed by atoms with Crippen molar-refractivity contribution < 1.29 is 4.79 Å². The molecule has 0 bridgehead atoms. The predicted molar refractivity (Wildman–Crippen MR) is 83.4 cm³/mol. The highest BCUT2D eigenvalue weighted by atomic mass is 16.1. The Morgan fingerprint density at radius 1 is 1.19 bits per heavy atom. The van der Waals surface area contributed by atoms with Crippen LogP contribution in [-0.2, 0) is 0 Å². The first-order chi connectivity index (χ1) is 10.2. The van der Waals surface area contributed by atoms with Crippen LogP contribution in [0.5, 0.6) is 0 Å². The van der Waals surface area contributed by atoms with Gasteiger partial charge in [-0.3, -0.25) is 4.79 Å². The molecule has 4 nitrogen and oxygen atoms in total. The lowest BCUT2D eigenvalue weighted by Crippen LogP contribution is -2.28. The van der Waals surface area contributed by atoms with Crippen molar-refractivity contribution in [1.82, 2.24) is 0 Å². The van der Waals surface area contributed by atoms with Gasteiger partial charge in [-0.2, -0.15) is 10.3 Å². The van der Waals surface area contributed by atoms with E-state index in [-0.39, 0.29) is 12.3 Å². The van der Waals surface area contributed by atoms with Crippen LogP contribution in [-0.4, -0.2) is 18.7 Å². The first kappa shape index (κ1) is 14.5. The number of nitrogens with zero attached hydrogens (tertiary/aromatic N) is 3. The lowest BCUT2D eigenvalue weighted by atomic mass is 10.1. The summed E-state index contributed by atoms with van der Waals surface area (Å²) in [5.41, 5.74) is 2.59. The van der Waals surface area contributed by atoms with E-state index in [0.29, 0.717) is 5.56 Å². The number of hydrogen-bond donors (Lipinski definition) is 0. The van der Waals surface area contributed by atoms with E-state index < -0.39 is 0 Å². The Morgan fingerprint density at radius 2 is 1.86 bits per heavy atom. The zero-order valence-electron chi connectivity index (χ0n) is 11.7. The molecular formula is C17H15N3O. The number of ketones is 1. The number of rotatable bonds is 5. The molecule has 0 heterocycles. The minimum atomic E-state index is -0.0273. The van der Waals surface area contributed by atoms with Gasteiger partial charge in [0, 0.05) is 11.3 Å². The highest BCUT2D eigenvalue weighted by molar-refractivity contribution is 6.02. The van der Waals surface area contributed by atoms with Crippen LogP contribution in [0, 0.1) is 18.4 Å². The van der Waals surface area contributed by atoms with E-state index in [1.807, 2.05) is 49.4 Å². The molecule has 0 atom stereocenters. The van der Waals surface area contributed by atoms with Gasteiger partial charge in [-0.25, -0.2) is 0 Å². The average molecular weight is 277 g/mol. The molecule has 0 spiro atoms. The molecule has 0 unspecified atom stereocenters. The SMILES string of the molecule is Cc1ccc(N(C=NC#N)CC(=O)c2ccccc2)cc1. The normalized spacial score (nSPS) is 10.3. The standard InChI is InChI=1S/C17H15N3O/c1-14-7-9-16(10-8-14)20(13-19-12-18)11-17(21)15-5-3-2-4-6-15/h2-10,13H,11H2,1H3. The van der Waals surface area contributed by atoms with E-state index in [1.165, 1.54) is 6.34 Å². The fraction of sp³-hybridized carbons (Fsp3) is 0.118. The number of nitriles is 1. The van der Waals surface area contributed by atoms with Gasteiger partial charge in [0.05, 0.1) is 6.54 Å². The Hall–Kier alpha value is -2.93. The fourth-order valence-corrected chi connectivity index (χ4v) is 1.90. The molecule has 0 aliphatic heterocycles. The molecule has 0 aromatic heterocycles. The lowest BCUT2D eigenvalue weighted by Gasteiger charge is -2.18. The molecule has 2 aromatic carbocycles. The molecule has 2 rings (SSSR count). The topological polar surface area (TPSA) is 56.5 Å².